The number of hydrogen-bond acceptors (Lipinski definition) is 3. The van der Waals surface area contributed by atoms with Crippen LogP contribution >= 0.6 is 0 Å². The third-order valence-corrected chi connectivity index (χ3v) is 2.47. The average Bonchev–Trinajstić information content (AvgIpc) is 2.32. The number of urea groups is 1. The van der Waals surface area contributed by atoms with Gasteiger partial charge >= 0.3 is 6.03 Å². The maximum Gasteiger partial charge on any atom is 0.321 e. The van der Waals surface area contributed by atoms with Gasteiger partial charge in [-0.2, -0.15) is 0 Å². The van der Waals surface area contributed by atoms with Crippen molar-refractivity contribution in [2.24, 2.45) is 0 Å². The molecule has 5 nitrogen and oxygen atoms in total. The van der Waals surface area contributed by atoms with E-state index in [4.69, 9.17) is 4.74 Å². The molecule has 0 spiro atoms. The highest BCUT2D eigenvalue weighted by atomic mass is 16.5. The van der Waals surface area contributed by atoms with Crippen LogP contribution in [0.4, 0.5) is 4.79 Å². The zero-order valence-electron chi connectivity index (χ0n) is 11.0. The Morgan fingerprint density at radius 1 is 1.28 bits per heavy atom. The molecule has 5 heteroatoms. The molecule has 1 aromatic carbocycles. The number of amides is 3. The number of rotatable bonds is 3. The molecule has 1 rings (SSSR count). The lowest BCUT2D eigenvalue weighted by atomic mass is 10.1. The maximum atomic E-state index is 11.6. The number of benzene rings is 1. The molecule has 1 aromatic rings. The van der Waals surface area contributed by atoms with Crippen LogP contribution in [-0.2, 0) is 4.79 Å². The Kier molecular flexibility index (Phi) is 4.71. The Balaban J connectivity index is 2.66. The standard InChI is InChI=1S/C13H18N2O3/c1-8-5-6-11(9(2)7-8)18-10(3)12(16)15-13(17)14-4/h5-7,10H,1-4H3,(H2,14,15,16,17). The number of aryl methyl sites for hydroxylation is 2. The number of imide groups is 1. The van der Waals surface area contributed by atoms with Gasteiger partial charge in [-0.05, 0) is 32.4 Å². The van der Waals surface area contributed by atoms with E-state index >= 15 is 0 Å². The first-order valence-electron chi connectivity index (χ1n) is 5.70. The summed E-state index contributed by atoms with van der Waals surface area (Å²) in [5.74, 6) is 0.162. The van der Waals surface area contributed by atoms with E-state index in [9.17, 15) is 9.59 Å². The molecule has 0 saturated heterocycles. The second-order valence-corrected chi connectivity index (χ2v) is 4.10. The van der Waals surface area contributed by atoms with E-state index in [1.165, 1.54) is 7.05 Å². The molecule has 0 bridgehead atoms. The van der Waals surface area contributed by atoms with E-state index in [1.807, 2.05) is 32.0 Å². The Morgan fingerprint density at radius 2 is 1.94 bits per heavy atom. The van der Waals surface area contributed by atoms with Crippen molar-refractivity contribution in [2.45, 2.75) is 26.9 Å². The van der Waals surface area contributed by atoms with Crippen molar-refractivity contribution in [1.82, 2.24) is 10.6 Å². The summed E-state index contributed by atoms with van der Waals surface area (Å²) < 4.78 is 5.52. The lowest BCUT2D eigenvalue weighted by molar-refractivity contribution is -0.126. The molecule has 0 heterocycles. The van der Waals surface area contributed by atoms with Gasteiger partial charge in [-0.25, -0.2) is 4.79 Å². The van der Waals surface area contributed by atoms with Gasteiger partial charge < -0.3 is 10.1 Å². The van der Waals surface area contributed by atoms with Crippen LogP contribution < -0.4 is 15.4 Å². The minimum absolute atomic E-state index is 0.477. The van der Waals surface area contributed by atoms with Crippen molar-refractivity contribution in [3.05, 3.63) is 29.3 Å². The molecule has 3 amide bonds. The molecule has 0 fully saturated rings. The summed E-state index contributed by atoms with van der Waals surface area (Å²) in [6, 6.07) is 5.15. The second kappa shape index (κ2) is 6.05. The van der Waals surface area contributed by atoms with Crippen molar-refractivity contribution < 1.29 is 14.3 Å². The normalized spacial score (nSPS) is 11.6. The molecule has 0 aliphatic heterocycles. The summed E-state index contributed by atoms with van der Waals surface area (Å²) in [7, 11) is 1.44. The summed E-state index contributed by atoms with van der Waals surface area (Å²) in [5.41, 5.74) is 2.08. The minimum atomic E-state index is -0.733. The number of carbonyl (C=O) groups excluding carboxylic acids is 2. The van der Waals surface area contributed by atoms with Crippen molar-refractivity contribution in [3.8, 4) is 5.75 Å². The van der Waals surface area contributed by atoms with Crippen LogP contribution in [0.3, 0.4) is 0 Å². The zero-order valence-corrected chi connectivity index (χ0v) is 11.0. The topological polar surface area (TPSA) is 67.4 Å². The van der Waals surface area contributed by atoms with E-state index in [2.05, 4.69) is 10.6 Å². The Morgan fingerprint density at radius 3 is 2.50 bits per heavy atom. The highest BCUT2D eigenvalue weighted by Gasteiger charge is 2.17. The zero-order chi connectivity index (χ0) is 13.7. The van der Waals surface area contributed by atoms with Gasteiger partial charge in [0.05, 0.1) is 0 Å². The molecule has 2 N–H and O–H groups in total. The molecule has 1 atom stereocenters. The predicted octanol–water partition coefficient (Wildman–Crippen LogP) is 1.53. The van der Waals surface area contributed by atoms with Gasteiger partial charge in [0.2, 0.25) is 0 Å². The summed E-state index contributed by atoms with van der Waals surface area (Å²) in [4.78, 5) is 22.6. The molecular formula is C13H18N2O3. The highest BCUT2D eigenvalue weighted by Crippen LogP contribution is 2.19. The number of hydrogen-bond donors (Lipinski definition) is 2. The Labute approximate surface area is 107 Å². The third-order valence-electron chi connectivity index (χ3n) is 2.47. The van der Waals surface area contributed by atoms with Crippen molar-refractivity contribution in [2.75, 3.05) is 7.05 Å². The van der Waals surface area contributed by atoms with Crippen LogP contribution in [0.5, 0.6) is 5.75 Å². The fourth-order valence-corrected chi connectivity index (χ4v) is 1.45. The van der Waals surface area contributed by atoms with Gasteiger partial charge in [-0.3, -0.25) is 10.1 Å². The van der Waals surface area contributed by atoms with Crippen LogP contribution in [0.1, 0.15) is 18.1 Å². The molecule has 0 aromatic heterocycles. The lowest BCUT2D eigenvalue weighted by Crippen LogP contribution is -2.44. The number of carbonyl (C=O) groups is 2. The molecule has 18 heavy (non-hydrogen) atoms. The second-order valence-electron chi connectivity index (χ2n) is 4.10. The molecular weight excluding hydrogens is 232 g/mol. The Hall–Kier alpha value is -2.04. The van der Waals surface area contributed by atoms with Crippen LogP contribution in [0, 0.1) is 13.8 Å². The van der Waals surface area contributed by atoms with Crippen molar-refractivity contribution in [3.63, 3.8) is 0 Å². The summed E-state index contributed by atoms with van der Waals surface area (Å²) in [6.07, 6.45) is -0.733. The van der Waals surface area contributed by atoms with E-state index in [0.29, 0.717) is 5.75 Å². The van der Waals surface area contributed by atoms with Gasteiger partial charge in [0.1, 0.15) is 5.75 Å². The molecule has 0 aliphatic carbocycles. The summed E-state index contributed by atoms with van der Waals surface area (Å²) >= 11 is 0. The first kappa shape index (κ1) is 14.0. The van der Waals surface area contributed by atoms with Gasteiger partial charge in [0.15, 0.2) is 6.10 Å². The van der Waals surface area contributed by atoms with Gasteiger partial charge in [0.25, 0.3) is 5.91 Å². The average molecular weight is 250 g/mol. The molecule has 1 unspecified atom stereocenters. The molecule has 0 saturated carbocycles. The maximum absolute atomic E-state index is 11.6. The summed E-state index contributed by atoms with van der Waals surface area (Å²) in [5, 5.41) is 4.47. The predicted molar refractivity (Wildman–Crippen MR) is 68.6 cm³/mol. The van der Waals surface area contributed by atoms with E-state index in [0.717, 1.165) is 11.1 Å². The van der Waals surface area contributed by atoms with E-state index in [1.54, 1.807) is 6.92 Å². The third kappa shape index (κ3) is 3.76. The van der Waals surface area contributed by atoms with Gasteiger partial charge in [0, 0.05) is 7.05 Å². The van der Waals surface area contributed by atoms with Crippen LogP contribution in [0.15, 0.2) is 18.2 Å². The fraction of sp³-hybridized carbons (Fsp3) is 0.385. The first-order chi connectivity index (χ1) is 8.43. The molecule has 0 aliphatic rings. The van der Waals surface area contributed by atoms with E-state index < -0.39 is 18.0 Å². The fourth-order valence-electron chi connectivity index (χ4n) is 1.45. The first-order valence-corrected chi connectivity index (χ1v) is 5.70. The van der Waals surface area contributed by atoms with Crippen LogP contribution in [-0.4, -0.2) is 25.1 Å². The molecule has 98 valence electrons. The smallest absolute Gasteiger partial charge is 0.321 e. The highest BCUT2D eigenvalue weighted by molar-refractivity contribution is 5.96. The number of ether oxygens (including phenoxy) is 1. The summed E-state index contributed by atoms with van der Waals surface area (Å²) in [6.45, 7) is 5.49. The van der Waals surface area contributed by atoms with Crippen LogP contribution in [0.2, 0.25) is 0 Å². The van der Waals surface area contributed by atoms with Crippen molar-refractivity contribution >= 4 is 11.9 Å². The minimum Gasteiger partial charge on any atom is -0.481 e. The lowest BCUT2D eigenvalue weighted by Gasteiger charge is -2.15. The van der Waals surface area contributed by atoms with Gasteiger partial charge in [-0.15, -0.1) is 0 Å². The SMILES string of the molecule is CNC(=O)NC(=O)C(C)Oc1ccc(C)cc1C. The monoisotopic (exact) mass is 250 g/mol. The van der Waals surface area contributed by atoms with Gasteiger partial charge in [-0.1, -0.05) is 17.7 Å². The van der Waals surface area contributed by atoms with E-state index in [-0.39, 0.29) is 0 Å². The quantitative estimate of drug-likeness (QED) is 0.854. The van der Waals surface area contributed by atoms with Crippen molar-refractivity contribution in [1.29, 1.82) is 0 Å². The van der Waals surface area contributed by atoms with Crippen LogP contribution in [0.25, 0.3) is 0 Å². The number of nitrogens with one attached hydrogen (secondary N) is 2. The largest absolute Gasteiger partial charge is 0.481 e. The Bertz CT molecular complexity index is 458. The molecule has 0 radical (unpaired) electrons.